The van der Waals surface area contributed by atoms with E-state index in [0.29, 0.717) is 12.5 Å². The average molecular weight is 218 g/mol. The molecule has 86 valence electrons. The van der Waals surface area contributed by atoms with E-state index in [9.17, 15) is 4.79 Å². The summed E-state index contributed by atoms with van der Waals surface area (Å²) < 4.78 is 0. The van der Waals surface area contributed by atoms with Crippen molar-refractivity contribution in [2.24, 2.45) is 11.7 Å². The zero-order valence-corrected chi connectivity index (χ0v) is 9.81. The van der Waals surface area contributed by atoms with E-state index in [2.05, 4.69) is 13.8 Å². The second-order valence-corrected chi connectivity index (χ2v) is 4.69. The van der Waals surface area contributed by atoms with E-state index < -0.39 is 0 Å². The summed E-state index contributed by atoms with van der Waals surface area (Å²) in [4.78, 5) is 14.1. The van der Waals surface area contributed by atoms with Gasteiger partial charge < -0.3 is 10.6 Å². The van der Waals surface area contributed by atoms with Crippen molar-refractivity contribution in [3.63, 3.8) is 0 Å². The number of amides is 1. The Labute approximate surface area is 96.2 Å². The van der Waals surface area contributed by atoms with E-state index in [1.54, 1.807) is 0 Å². The Balaban J connectivity index is 2.35. The van der Waals surface area contributed by atoms with Crippen molar-refractivity contribution in [2.75, 3.05) is 13.1 Å². The quantitative estimate of drug-likeness (QED) is 0.840. The van der Waals surface area contributed by atoms with Crippen LogP contribution < -0.4 is 5.73 Å². The van der Waals surface area contributed by atoms with Crippen LogP contribution in [-0.2, 0) is 0 Å². The van der Waals surface area contributed by atoms with Gasteiger partial charge in [-0.1, -0.05) is 32.0 Å². The van der Waals surface area contributed by atoms with E-state index in [4.69, 9.17) is 5.73 Å². The fourth-order valence-electron chi connectivity index (χ4n) is 2.30. The molecule has 1 amide bonds. The number of nitrogens with two attached hydrogens (primary N) is 1. The van der Waals surface area contributed by atoms with Crippen LogP contribution in [-0.4, -0.2) is 23.9 Å². The molecule has 1 aliphatic rings. The van der Waals surface area contributed by atoms with Crippen molar-refractivity contribution >= 4 is 5.91 Å². The Kier molecular flexibility index (Phi) is 2.97. The Morgan fingerprint density at radius 1 is 1.38 bits per heavy atom. The summed E-state index contributed by atoms with van der Waals surface area (Å²) in [7, 11) is 0. The lowest BCUT2D eigenvalue weighted by Gasteiger charge is -2.25. The molecule has 1 aromatic carbocycles. The molecule has 0 spiro atoms. The van der Waals surface area contributed by atoms with Crippen LogP contribution in [0.25, 0.3) is 0 Å². The largest absolute Gasteiger partial charge is 0.330 e. The third-order valence-electron chi connectivity index (χ3n) is 2.97. The Hall–Kier alpha value is -1.35. The highest BCUT2D eigenvalue weighted by atomic mass is 16.2. The molecule has 3 heteroatoms. The van der Waals surface area contributed by atoms with Crippen molar-refractivity contribution in [3.05, 3.63) is 35.4 Å². The van der Waals surface area contributed by atoms with Gasteiger partial charge in [0.1, 0.15) is 0 Å². The molecule has 1 aliphatic heterocycles. The SMILES string of the molecule is CC(C)CN1C(=O)c2ccccc2C1CN. The van der Waals surface area contributed by atoms with Gasteiger partial charge in [0.05, 0.1) is 6.04 Å². The summed E-state index contributed by atoms with van der Waals surface area (Å²) in [5.41, 5.74) is 7.68. The molecule has 0 saturated carbocycles. The predicted octanol–water partition coefficient (Wildman–Crippen LogP) is 1.80. The maximum absolute atomic E-state index is 12.2. The second kappa shape index (κ2) is 4.26. The van der Waals surface area contributed by atoms with Gasteiger partial charge in [0.25, 0.3) is 5.91 Å². The number of nitrogens with zero attached hydrogens (tertiary/aromatic N) is 1. The maximum atomic E-state index is 12.2. The van der Waals surface area contributed by atoms with Crippen molar-refractivity contribution in [1.82, 2.24) is 4.90 Å². The molecule has 0 fully saturated rings. The van der Waals surface area contributed by atoms with Gasteiger partial charge in [-0.2, -0.15) is 0 Å². The molecule has 1 unspecified atom stereocenters. The number of hydrogen-bond donors (Lipinski definition) is 1. The van der Waals surface area contributed by atoms with Gasteiger partial charge in [-0.3, -0.25) is 4.79 Å². The first-order chi connectivity index (χ1) is 7.65. The molecule has 0 aromatic heterocycles. The van der Waals surface area contributed by atoms with Crippen LogP contribution >= 0.6 is 0 Å². The van der Waals surface area contributed by atoms with Crippen molar-refractivity contribution in [3.8, 4) is 0 Å². The smallest absolute Gasteiger partial charge is 0.254 e. The van der Waals surface area contributed by atoms with Gasteiger partial charge in [0.2, 0.25) is 0 Å². The van der Waals surface area contributed by atoms with Gasteiger partial charge in [-0.25, -0.2) is 0 Å². The minimum absolute atomic E-state index is 0.0612. The monoisotopic (exact) mass is 218 g/mol. The first-order valence-electron chi connectivity index (χ1n) is 5.75. The lowest BCUT2D eigenvalue weighted by atomic mass is 10.0. The highest BCUT2D eigenvalue weighted by Gasteiger charge is 2.35. The first-order valence-corrected chi connectivity index (χ1v) is 5.75. The van der Waals surface area contributed by atoms with Crippen LogP contribution in [0.1, 0.15) is 35.8 Å². The van der Waals surface area contributed by atoms with Gasteiger partial charge >= 0.3 is 0 Å². The van der Waals surface area contributed by atoms with Crippen LogP contribution in [0.4, 0.5) is 0 Å². The summed E-state index contributed by atoms with van der Waals surface area (Å²) in [6.07, 6.45) is 0. The standard InChI is InChI=1S/C13H18N2O/c1-9(2)8-15-12(7-14)10-5-3-4-6-11(10)13(15)16/h3-6,9,12H,7-8,14H2,1-2H3. The molecule has 0 aliphatic carbocycles. The normalized spacial score (nSPS) is 19.4. The molecule has 0 radical (unpaired) electrons. The molecular formula is C13H18N2O. The van der Waals surface area contributed by atoms with Gasteiger partial charge in [0.15, 0.2) is 0 Å². The predicted molar refractivity (Wildman–Crippen MR) is 64.1 cm³/mol. The van der Waals surface area contributed by atoms with Crippen LogP contribution in [0.2, 0.25) is 0 Å². The lowest BCUT2D eigenvalue weighted by Crippen LogP contribution is -2.35. The number of fused-ring (bicyclic) bond motifs is 1. The highest BCUT2D eigenvalue weighted by Crippen LogP contribution is 2.32. The minimum Gasteiger partial charge on any atom is -0.330 e. The molecule has 16 heavy (non-hydrogen) atoms. The second-order valence-electron chi connectivity index (χ2n) is 4.69. The Morgan fingerprint density at radius 3 is 2.69 bits per heavy atom. The zero-order chi connectivity index (χ0) is 11.7. The van der Waals surface area contributed by atoms with Gasteiger partial charge in [-0.05, 0) is 17.5 Å². The van der Waals surface area contributed by atoms with Gasteiger partial charge in [0, 0.05) is 18.7 Å². The van der Waals surface area contributed by atoms with Crippen LogP contribution in [0.15, 0.2) is 24.3 Å². The van der Waals surface area contributed by atoms with E-state index in [1.165, 1.54) is 0 Å². The molecule has 3 nitrogen and oxygen atoms in total. The van der Waals surface area contributed by atoms with E-state index in [1.807, 2.05) is 29.2 Å². The van der Waals surface area contributed by atoms with Crippen LogP contribution in [0.3, 0.4) is 0 Å². The molecule has 2 rings (SSSR count). The summed E-state index contributed by atoms with van der Waals surface area (Å²) in [5, 5.41) is 0. The summed E-state index contributed by atoms with van der Waals surface area (Å²) in [6.45, 7) is 5.50. The third-order valence-corrected chi connectivity index (χ3v) is 2.97. The number of carbonyl (C=O) groups excluding carboxylic acids is 1. The first kappa shape index (κ1) is 11.1. The third kappa shape index (κ3) is 1.71. The fourth-order valence-corrected chi connectivity index (χ4v) is 2.30. The van der Waals surface area contributed by atoms with E-state index in [0.717, 1.165) is 17.7 Å². The fraction of sp³-hybridized carbons (Fsp3) is 0.462. The zero-order valence-electron chi connectivity index (χ0n) is 9.81. The van der Waals surface area contributed by atoms with E-state index >= 15 is 0 Å². The van der Waals surface area contributed by atoms with Crippen LogP contribution in [0, 0.1) is 5.92 Å². The molecule has 1 aromatic rings. The molecular weight excluding hydrogens is 200 g/mol. The maximum Gasteiger partial charge on any atom is 0.254 e. The average Bonchev–Trinajstić information content (AvgIpc) is 2.52. The topological polar surface area (TPSA) is 46.3 Å². The molecule has 2 N–H and O–H groups in total. The number of benzene rings is 1. The summed E-state index contributed by atoms with van der Waals surface area (Å²) >= 11 is 0. The number of carbonyl (C=O) groups is 1. The van der Waals surface area contributed by atoms with Gasteiger partial charge in [-0.15, -0.1) is 0 Å². The lowest BCUT2D eigenvalue weighted by molar-refractivity contribution is 0.0707. The molecule has 1 atom stereocenters. The van der Waals surface area contributed by atoms with Crippen molar-refractivity contribution in [2.45, 2.75) is 19.9 Å². The van der Waals surface area contributed by atoms with Crippen LogP contribution in [0.5, 0.6) is 0 Å². The minimum atomic E-state index is 0.0612. The van der Waals surface area contributed by atoms with Crippen molar-refractivity contribution < 1.29 is 4.79 Å². The molecule has 1 heterocycles. The Bertz CT molecular complexity index is 401. The highest BCUT2D eigenvalue weighted by molar-refractivity contribution is 5.99. The van der Waals surface area contributed by atoms with Crippen molar-refractivity contribution in [1.29, 1.82) is 0 Å². The Morgan fingerprint density at radius 2 is 2.06 bits per heavy atom. The summed E-state index contributed by atoms with van der Waals surface area (Å²) in [6, 6.07) is 7.83. The number of rotatable bonds is 3. The molecule has 0 saturated heterocycles. The molecule has 0 bridgehead atoms. The summed E-state index contributed by atoms with van der Waals surface area (Å²) in [5.74, 6) is 0.590. The number of hydrogen-bond acceptors (Lipinski definition) is 2. The van der Waals surface area contributed by atoms with E-state index in [-0.39, 0.29) is 11.9 Å².